The molecule has 1 aromatic carbocycles. The second-order valence-electron chi connectivity index (χ2n) is 7.03. The highest BCUT2D eigenvalue weighted by Crippen LogP contribution is 2.38. The molecule has 27 heavy (non-hydrogen) atoms. The molecule has 1 N–H and O–H groups in total. The molecule has 10 heteroatoms. The lowest BCUT2D eigenvalue weighted by Crippen LogP contribution is -2.48. The van der Waals surface area contributed by atoms with Crippen LogP contribution in [0.1, 0.15) is 54.9 Å². The second kappa shape index (κ2) is 7.01. The van der Waals surface area contributed by atoms with Crippen LogP contribution in [0.15, 0.2) is 21.6 Å². The van der Waals surface area contributed by atoms with E-state index in [4.69, 9.17) is 4.52 Å². The number of aromatic nitrogens is 2. The molecule has 0 saturated heterocycles. The van der Waals surface area contributed by atoms with E-state index in [1.165, 1.54) is 6.07 Å². The molecule has 0 aliphatic heterocycles. The van der Waals surface area contributed by atoms with Gasteiger partial charge in [0.25, 0.3) is 5.69 Å². The van der Waals surface area contributed by atoms with Gasteiger partial charge in [-0.2, -0.15) is 9.71 Å². The van der Waals surface area contributed by atoms with E-state index in [-0.39, 0.29) is 10.6 Å². The van der Waals surface area contributed by atoms with Crippen LogP contribution in [0.2, 0.25) is 0 Å². The Morgan fingerprint density at radius 1 is 1.19 bits per heavy atom. The molecule has 1 aliphatic carbocycles. The first-order valence-electron chi connectivity index (χ1n) is 8.75. The van der Waals surface area contributed by atoms with Gasteiger partial charge in [-0.05, 0) is 37.8 Å². The summed E-state index contributed by atoms with van der Waals surface area (Å²) in [6, 6.07) is 2.47. The summed E-state index contributed by atoms with van der Waals surface area (Å²) in [5.74, 6) is 0.666. The minimum Gasteiger partial charge on any atom is -0.340 e. The fraction of sp³-hybridized carbons (Fsp3) is 0.529. The zero-order chi connectivity index (χ0) is 19.8. The van der Waals surface area contributed by atoms with Crippen LogP contribution in [-0.4, -0.2) is 23.5 Å². The lowest BCUT2D eigenvalue weighted by atomic mass is 9.82. The van der Waals surface area contributed by atoms with E-state index < -0.39 is 20.5 Å². The van der Waals surface area contributed by atoms with E-state index in [1.807, 2.05) is 0 Å². The highest BCUT2D eigenvalue weighted by atomic mass is 32.2. The van der Waals surface area contributed by atoms with E-state index in [9.17, 15) is 18.5 Å². The highest BCUT2D eigenvalue weighted by molar-refractivity contribution is 7.89. The summed E-state index contributed by atoms with van der Waals surface area (Å²) < 4.78 is 34.3. The van der Waals surface area contributed by atoms with Crippen molar-refractivity contribution in [1.82, 2.24) is 14.9 Å². The molecular formula is C17H22N4O5S. The van der Waals surface area contributed by atoms with Crippen LogP contribution in [0.3, 0.4) is 0 Å². The average Bonchev–Trinajstić information content (AvgIpc) is 3.04. The van der Waals surface area contributed by atoms with Crippen LogP contribution in [0, 0.1) is 30.9 Å². The lowest BCUT2D eigenvalue weighted by molar-refractivity contribution is -0.385. The van der Waals surface area contributed by atoms with Gasteiger partial charge in [0.05, 0.1) is 15.4 Å². The Bertz CT molecular complexity index is 977. The Labute approximate surface area is 157 Å². The van der Waals surface area contributed by atoms with Gasteiger partial charge >= 0.3 is 0 Å². The van der Waals surface area contributed by atoms with Crippen molar-refractivity contribution in [3.63, 3.8) is 0 Å². The third-order valence-corrected chi connectivity index (χ3v) is 6.76. The summed E-state index contributed by atoms with van der Waals surface area (Å²) in [6.45, 7) is 4.94. The predicted molar refractivity (Wildman–Crippen MR) is 96.7 cm³/mol. The van der Waals surface area contributed by atoms with E-state index in [1.54, 1.807) is 20.8 Å². The van der Waals surface area contributed by atoms with Gasteiger partial charge in [-0.15, -0.1) is 0 Å². The van der Waals surface area contributed by atoms with Gasteiger partial charge in [-0.1, -0.05) is 24.4 Å². The smallest absolute Gasteiger partial charge is 0.271 e. The molecular weight excluding hydrogens is 372 g/mol. The molecule has 3 rings (SSSR count). The summed E-state index contributed by atoms with van der Waals surface area (Å²) in [4.78, 5) is 14.7. The molecule has 146 valence electrons. The first-order chi connectivity index (χ1) is 12.6. The summed E-state index contributed by atoms with van der Waals surface area (Å²) in [7, 11) is -4.04. The predicted octanol–water partition coefficient (Wildman–Crippen LogP) is 3.04. The molecule has 0 atom stereocenters. The van der Waals surface area contributed by atoms with Gasteiger partial charge < -0.3 is 4.52 Å². The van der Waals surface area contributed by atoms with Crippen molar-refractivity contribution in [2.24, 2.45) is 0 Å². The zero-order valence-corrected chi connectivity index (χ0v) is 16.3. The Hall–Kier alpha value is -2.33. The van der Waals surface area contributed by atoms with Gasteiger partial charge in [-0.25, -0.2) is 8.42 Å². The molecule has 2 aromatic rings. The topological polar surface area (TPSA) is 128 Å². The second-order valence-corrected chi connectivity index (χ2v) is 8.68. The molecule has 1 aliphatic rings. The van der Waals surface area contributed by atoms with Crippen LogP contribution < -0.4 is 4.72 Å². The van der Waals surface area contributed by atoms with Crippen molar-refractivity contribution in [3.8, 4) is 0 Å². The van der Waals surface area contributed by atoms with Gasteiger partial charge in [0.1, 0.15) is 0 Å². The van der Waals surface area contributed by atoms with Crippen LogP contribution >= 0.6 is 0 Å². The van der Waals surface area contributed by atoms with Crippen LogP contribution in [0.4, 0.5) is 5.69 Å². The standard InChI is InChI=1S/C17H22N4O5S/c1-11-9-14(21(22)23)10-15(12(11)2)27(24,25)20-17(7-5-4-6-8-17)16-18-13(3)26-19-16/h9-10,20H,4-8H2,1-3H3. The Morgan fingerprint density at radius 3 is 2.41 bits per heavy atom. The lowest BCUT2D eigenvalue weighted by Gasteiger charge is -2.35. The highest BCUT2D eigenvalue weighted by Gasteiger charge is 2.42. The number of nitrogens with zero attached hydrogens (tertiary/aromatic N) is 3. The first kappa shape index (κ1) is 19.4. The van der Waals surface area contributed by atoms with E-state index in [0.29, 0.717) is 35.7 Å². The van der Waals surface area contributed by atoms with E-state index in [2.05, 4.69) is 14.9 Å². The molecule has 0 unspecified atom stereocenters. The quantitative estimate of drug-likeness (QED) is 0.609. The SMILES string of the molecule is Cc1nc(C2(NS(=O)(=O)c3cc([N+](=O)[O-])cc(C)c3C)CCCCC2)no1. The van der Waals surface area contributed by atoms with Crippen molar-refractivity contribution >= 4 is 15.7 Å². The molecule has 0 amide bonds. The van der Waals surface area contributed by atoms with Crippen molar-refractivity contribution in [2.45, 2.75) is 63.3 Å². The largest absolute Gasteiger partial charge is 0.340 e. The summed E-state index contributed by atoms with van der Waals surface area (Å²) in [5.41, 5.74) is -0.215. The van der Waals surface area contributed by atoms with E-state index >= 15 is 0 Å². The normalized spacial score (nSPS) is 17.0. The molecule has 1 saturated carbocycles. The maximum absolute atomic E-state index is 13.2. The monoisotopic (exact) mass is 394 g/mol. The van der Waals surface area contributed by atoms with Crippen molar-refractivity contribution in [1.29, 1.82) is 0 Å². The molecule has 0 radical (unpaired) electrons. The number of non-ortho nitro benzene ring substituents is 1. The Morgan fingerprint density at radius 2 is 1.85 bits per heavy atom. The maximum atomic E-state index is 13.2. The number of nitro groups is 1. The van der Waals surface area contributed by atoms with Crippen LogP contribution in [0.5, 0.6) is 0 Å². The Balaban J connectivity index is 2.07. The fourth-order valence-corrected chi connectivity index (χ4v) is 5.29. The minimum absolute atomic E-state index is 0.0978. The molecule has 0 spiro atoms. The van der Waals surface area contributed by atoms with Gasteiger partial charge in [0.2, 0.25) is 15.9 Å². The number of nitro benzene ring substituents is 1. The number of hydrogen-bond donors (Lipinski definition) is 1. The van der Waals surface area contributed by atoms with Gasteiger partial charge in [-0.3, -0.25) is 10.1 Å². The molecule has 0 bridgehead atoms. The molecule has 9 nitrogen and oxygen atoms in total. The fourth-order valence-electron chi connectivity index (χ4n) is 3.53. The van der Waals surface area contributed by atoms with E-state index in [0.717, 1.165) is 25.3 Å². The third kappa shape index (κ3) is 3.72. The van der Waals surface area contributed by atoms with Crippen LogP contribution in [0.25, 0.3) is 0 Å². The van der Waals surface area contributed by atoms with Crippen molar-refractivity contribution < 1.29 is 17.9 Å². The third-order valence-electron chi connectivity index (χ3n) is 5.10. The molecule has 1 fully saturated rings. The number of nitrogens with one attached hydrogen (secondary N) is 1. The van der Waals surface area contributed by atoms with Gasteiger partial charge in [0, 0.05) is 19.1 Å². The number of hydrogen-bond acceptors (Lipinski definition) is 7. The number of benzene rings is 1. The summed E-state index contributed by atoms with van der Waals surface area (Å²) in [5, 5.41) is 15.1. The molecule has 1 heterocycles. The number of sulfonamides is 1. The van der Waals surface area contributed by atoms with Gasteiger partial charge in [0.15, 0.2) is 5.82 Å². The summed E-state index contributed by atoms with van der Waals surface area (Å²) in [6.07, 6.45) is 3.72. The maximum Gasteiger partial charge on any atom is 0.271 e. The summed E-state index contributed by atoms with van der Waals surface area (Å²) >= 11 is 0. The first-order valence-corrected chi connectivity index (χ1v) is 10.2. The zero-order valence-electron chi connectivity index (χ0n) is 15.5. The minimum atomic E-state index is -4.04. The average molecular weight is 394 g/mol. The number of rotatable bonds is 5. The molecule has 1 aromatic heterocycles. The van der Waals surface area contributed by atoms with Crippen molar-refractivity contribution in [3.05, 3.63) is 45.1 Å². The van der Waals surface area contributed by atoms with Crippen molar-refractivity contribution in [2.75, 3.05) is 0 Å². The number of aryl methyl sites for hydroxylation is 2. The van der Waals surface area contributed by atoms with Crippen LogP contribution in [-0.2, 0) is 15.6 Å². The Kier molecular flexibility index (Phi) is 5.04.